The van der Waals surface area contributed by atoms with E-state index in [1.54, 1.807) is 0 Å². The lowest BCUT2D eigenvalue weighted by atomic mass is 9.88. The minimum Gasteiger partial charge on any atom is -0.444 e. The number of amides is 2. The van der Waals surface area contributed by atoms with Crippen LogP contribution in [-0.4, -0.2) is 36.7 Å². The fourth-order valence-electron chi connectivity index (χ4n) is 4.56. The minimum atomic E-state index is -0.607. The number of aromatic nitrogens is 1. The molecule has 0 aliphatic heterocycles. The standard InChI is InChI=1S/C33H44N4O3/c1-21(2)18-29-28(20-34-32(39)40-33(5,6)7)31(24-12-10-22(3)11-13-24)27(23(4)35-29)19-30(38)36-25-14-16-26(17-15-25)37(8)9/h10-17,21H,18-20H2,1-9H3,(H,34,39)(H,36,38). The van der Waals surface area contributed by atoms with Gasteiger partial charge in [-0.25, -0.2) is 4.79 Å². The monoisotopic (exact) mass is 544 g/mol. The second kappa shape index (κ2) is 13.0. The highest BCUT2D eigenvalue weighted by atomic mass is 16.6. The molecule has 0 saturated carbocycles. The molecule has 3 aromatic rings. The molecule has 7 heteroatoms. The highest BCUT2D eigenvalue weighted by Crippen LogP contribution is 2.33. The van der Waals surface area contributed by atoms with Crippen LogP contribution in [0.15, 0.2) is 48.5 Å². The fraction of sp³-hybridized carbons (Fsp3) is 0.424. The maximum absolute atomic E-state index is 13.3. The molecule has 0 atom stereocenters. The summed E-state index contributed by atoms with van der Waals surface area (Å²) < 4.78 is 5.51. The summed E-state index contributed by atoms with van der Waals surface area (Å²) in [5, 5.41) is 5.98. The number of anilines is 2. The van der Waals surface area contributed by atoms with Crippen LogP contribution in [0.1, 0.15) is 62.7 Å². The quantitative estimate of drug-likeness (QED) is 0.308. The van der Waals surface area contributed by atoms with Crippen molar-refractivity contribution in [2.24, 2.45) is 5.92 Å². The summed E-state index contributed by atoms with van der Waals surface area (Å²) in [7, 11) is 3.96. The zero-order valence-corrected chi connectivity index (χ0v) is 25.4. The lowest BCUT2D eigenvalue weighted by molar-refractivity contribution is -0.115. The molecule has 0 saturated heterocycles. The van der Waals surface area contributed by atoms with E-state index in [2.05, 4.69) is 48.7 Å². The van der Waals surface area contributed by atoms with Crippen LogP contribution >= 0.6 is 0 Å². The van der Waals surface area contributed by atoms with Gasteiger partial charge in [0.2, 0.25) is 5.91 Å². The number of benzene rings is 2. The van der Waals surface area contributed by atoms with Gasteiger partial charge < -0.3 is 20.3 Å². The van der Waals surface area contributed by atoms with E-state index in [4.69, 9.17) is 9.72 Å². The number of nitrogens with zero attached hydrogens (tertiary/aromatic N) is 2. The SMILES string of the molecule is Cc1ccc(-c2c(CC(=O)Nc3ccc(N(C)C)cc3)c(C)nc(CC(C)C)c2CNC(=O)OC(C)(C)C)cc1. The van der Waals surface area contributed by atoms with Crippen LogP contribution in [0.2, 0.25) is 0 Å². The number of pyridine rings is 1. The number of hydrogen-bond donors (Lipinski definition) is 2. The lowest BCUT2D eigenvalue weighted by Gasteiger charge is -2.23. The molecule has 2 amide bonds. The third kappa shape index (κ3) is 8.57. The Morgan fingerprint density at radius 1 is 0.950 bits per heavy atom. The van der Waals surface area contributed by atoms with Gasteiger partial charge in [-0.3, -0.25) is 9.78 Å². The third-order valence-corrected chi connectivity index (χ3v) is 6.45. The van der Waals surface area contributed by atoms with Crippen molar-refractivity contribution in [2.45, 2.75) is 73.5 Å². The van der Waals surface area contributed by atoms with Crippen LogP contribution in [-0.2, 0) is 28.9 Å². The second-order valence-electron chi connectivity index (χ2n) is 12.0. The van der Waals surface area contributed by atoms with Gasteiger partial charge >= 0.3 is 6.09 Å². The Kier molecular flexibility index (Phi) is 9.96. The fourth-order valence-corrected chi connectivity index (χ4v) is 4.56. The average molecular weight is 545 g/mol. The molecule has 0 radical (unpaired) electrons. The number of aryl methyl sites for hydroxylation is 2. The van der Waals surface area contributed by atoms with Crippen molar-refractivity contribution >= 4 is 23.4 Å². The Labute approximate surface area is 239 Å². The molecule has 214 valence electrons. The molecule has 0 aliphatic carbocycles. The number of carbonyl (C=O) groups is 2. The molecule has 2 aromatic carbocycles. The molecule has 0 aliphatic rings. The Morgan fingerprint density at radius 3 is 2.12 bits per heavy atom. The van der Waals surface area contributed by atoms with E-state index in [0.29, 0.717) is 5.92 Å². The van der Waals surface area contributed by atoms with Crippen LogP contribution in [0.5, 0.6) is 0 Å². The number of nitrogens with one attached hydrogen (secondary N) is 2. The van der Waals surface area contributed by atoms with Gasteiger partial charge in [0.05, 0.1) is 6.42 Å². The molecule has 0 spiro atoms. The first kappa shape index (κ1) is 30.7. The van der Waals surface area contributed by atoms with Crippen molar-refractivity contribution in [3.8, 4) is 11.1 Å². The number of carbonyl (C=O) groups excluding carboxylic acids is 2. The van der Waals surface area contributed by atoms with E-state index in [0.717, 1.165) is 57.0 Å². The summed E-state index contributed by atoms with van der Waals surface area (Å²) in [6.45, 7) is 14.1. The summed E-state index contributed by atoms with van der Waals surface area (Å²) in [6.07, 6.45) is 0.410. The molecule has 7 nitrogen and oxygen atoms in total. The predicted octanol–water partition coefficient (Wildman–Crippen LogP) is 6.84. The zero-order chi connectivity index (χ0) is 29.6. The van der Waals surface area contributed by atoms with Crippen LogP contribution in [0.3, 0.4) is 0 Å². The summed E-state index contributed by atoms with van der Waals surface area (Å²) in [5.74, 6) is 0.232. The molecule has 0 bridgehead atoms. The first-order chi connectivity index (χ1) is 18.7. The molecule has 3 rings (SSSR count). The van der Waals surface area contributed by atoms with Crippen molar-refractivity contribution in [1.82, 2.24) is 10.3 Å². The van der Waals surface area contributed by atoms with E-state index in [-0.39, 0.29) is 18.9 Å². The van der Waals surface area contributed by atoms with E-state index < -0.39 is 11.7 Å². The molecule has 1 heterocycles. The maximum Gasteiger partial charge on any atom is 0.407 e. The summed E-state index contributed by atoms with van der Waals surface area (Å²) in [4.78, 5) is 33.0. The topological polar surface area (TPSA) is 83.6 Å². The number of rotatable bonds is 9. The Balaban J connectivity index is 2.05. The number of hydrogen-bond acceptors (Lipinski definition) is 5. The van der Waals surface area contributed by atoms with E-state index in [9.17, 15) is 9.59 Å². The third-order valence-electron chi connectivity index (χ3n) is 6.45. The molecule has 2 N–H and O–H groups in total. The van der Waals surface area contributed by atoms with Gasteiger partial charge in [-0.15, -0.1) is 0 Å². The van der Waals surface area contributed by atoms with Crippen LogP contribution < -0.4 is 15.5 Å². The Morgan fingerprint density at radius 2 is 1.57 bits per heavy atom. The highest BCUT2D eigenvalue weighted by Gasteiger charge is 2.23. The lowest BCUT2D eigenvalue weighted by Crippen LogP contribution is -2.32. The maximum atomic E-state index is 13.3. The first-order valence-corrected chi connectivity index (χ1v) is 13.9. The molecular weight excluding hydrogens is 500 g/mol. The molecule has 40 heavy (non-hydrogen) atoms. The van der Waals surface area contributed by atoms with Crippen molar-refractivity contribution in [3.63, 3.8) is 0 Å². The van der Waals surface area contributed by atoms with Crippen molar-refractivity contribution < 1.29 is 14.3 Å². The normalized spacial score (nSPS) is 11.3. The van der Waals surface area contributed by atoms with E-state index in [1.165, 1.54) is 0 Å². The number of alkyl carbamates (subject to hydrolysis) is 1. The van der Waals surface area contributed by atoms with Gasteiger partial charge in [-0.2, -0.15) is 0 Å². The Bertz CT molecular complexity index is 1320. The van der Waals surface area contributed by atoms with E-state index >= 15 is 0 Å². The van der Waals surface area contributed by atoms with Crippen LogP contribution in [0.25, 0.3) is 11.1 Å². The smallest absolute Gasteiger partial charge is 0.407 e. The Hall–Kier alpha value is -3.87. The molecular formula is C33H44N4O3. The largest absolute Gasteiger partial charge is 0.444 e. The van der Waals surface area contributed by atoms with Gasteiger partial charge in [0.25, 0.3) is 0 Å². The van der Waals surface area contributed by atoms with Gasteiger partial charge in [0, 0.05) is 49.0 Å². The predicted molar refractivity (Wildman–Crippen MR) is 164 cm³/mol. The summed E-state index contributed by atoms with van der Waals surface area (Å²) in [6, 6.07) is 16.0. The molecule has 0 fully saturated rings. The van der Waals surface area contributed by atoms with Crippen LogP contribution in [0, 0.1) is 19.8 Å². The molecule has 0 unspecified atom stereocenters. The average Bonchev–Trinajstić information content (AvgIpc) is 2.84. The summed E-state index contributed by atoms with van der Waals surface area (Å²) in [5.41, 5.74) is 7.75. The molecule has 1 aromatic heterocycles. The van der Waals surface area contributed by atoms with E-state index in [1.807, 2.05) is 77.9 Å². The summed E-state index contributed by atoms with van der Waals surface area (Å²) >= 11 is 0. The van der Waals surface area contributed by atoms with Gasteiger partial charge in [0.1, 0.15) is 5.60 Å². The van der Waals surface area contributed by atoms with Crippen molar-refractivity contribution in [2.75, 3.05) is 24.3 Å². The minimum absolute atomic E-state index is 0.126. The van der Waals surface area contributed by atoms with Crippen molar-refractivity contribution in [1.29, 1.82) is 0 Å². The number of ether oxygens (including phenoxy) is 1. The highest BCUT2D eigenvalue weighted by molar-refractivity contribution is 5.94. The van der Waals surface area contributed by atoms with Gasteiger partial charge in [0.15, 0.2) is 0 Å². The van der Waals surface area contributed by atoms with Crippen molar-refractivity contribution in [3.05, 3.63) is 76.6 Å². The van der Waals surface area contributed by atoms with Gasteiger partial charge in [-0.1, -0.05) is 43.7 Å². The van der Waals surface area contributed by atoms with Gasteiger partial charge in [-0.05, 0) is 87.9 Å². The second-order valence-corrected chi connectivity index (χ2v) is 12.0. The van der Waals surface area contributed by atoms with Crippen LogP contribution in [0.4, 0.5) is 16.2 Å². The zero-order valence-electron chi connectivity index (χ0n) is 25.4. The first-order valence-electron chi connectivity index (χ1n) is 13.9.